The lowest BCUT2D eigenvalue weighted by atomic mass is 9.97. The fourth-order valence-corrected chi connectivity index (χ4v) is 2.95. The van der Waals surface area contributed by atoms with Crippen molar-refractivity contribution in [2.75, 3.05) is 30.8 Å². The molecule has 5 heteroatoms. The molecule has 0 saturated carbocycles. The van der Waals surface area contributed by atoms with E-state index in [1.807, 2.05) is 24.3 Å². The fraction of sp³-hybridized carbons (Fsp3) is 0.375. The molecule has 110 valence electrons. The molecule has 1 fully saturated rings. The predicted molar refractivity (Wildman–Crippen MR) is 83.1 cm³/mol. The predicted octanol–water partition coefficient (Wildman–Crippen LogP) is 2.21. The van der Waals surface area contributed by atoms with E-state index in [4.69, 9.17) is 10.5 Å². The Morgan fingerprint density at radius 1 is 1.43 bits per heavy atom. The second-order valence-electron chi connectivity index (χ2n) is 5.42. The van der Waals surface area contributed by atoms with E-state index in [-0.39, 0.29) is 11.9 Å². The van der Waals surface area contributed by atoms with Crippen molar-refractivity contribution in [3.63, 3.8) is 0 Å². The van der Waals surface area contributed by atoms with Gasteiger partial charge in [-0.15, -0.1) is 0 Å². The van der Waals surface area contributed by atoms with Gasteiger partial charge in [-0.25, -0.2) is 4.98 Å². The molecular weight excluding hydrogens is 266 g/mol. The summed E-state index contributed by atoms with van der Waals surface area (Å²) >= 11 is 0. The monoisotopic (exact) mass is 285 g/mol. The van der Waals surface area contributed by atoms with Gasteiger partial charge in [-0.3, -0.25) is 4.79 Å². The second kappa shape index (κ2) is 5.60. The number of nitrogen functional groups attached to an aromatic ring is 1. The van der Waals surface area contributed by atoms with Crippen LogP contribution in [-0.4, -0.2) is 31.2 Å². The van der Waals surface area contributed by atoms with Crippen LogP contribution in [0.2, 0.25) is 0 Å². The molecule has 2 heterocycles. The van der Waals surface area contributed by atoms with Crippen LogP contribution in [0.1, 0.15) is 12.8 Å². The van der Waals surface area contributed by atoms with Crippen molar-refractivity contribution in [3.8, 4) is 0 Å². The number of hydrogen-bond donors (Lipinski definition) is 1. The third-order valence-electron chi connectivity index (χ3n) is 4.02. The summed E-state index contributed by atoms with van der Waals surface area (Å²) in [5.41, 5.74) is 6.62. The Labute approximate surface area is 123 Å². The number of ether oxygens (including phenoxy) is 1. The lowest BCUT2D eigenvalue weighted by Gasteiger charge is -2.32. The van der Waals surface area contributed by atoms with Crippen molar-refractivity contribution in [1.82, 2.24) is 4.98 Å². The average Bonchev–Trinajstić information content (AvgIpc) is 2.53. The first-order valence-electron chi connectivity index (χ1n) is 7.16. The molecule has 0 bridgehead atoms. The van der Waals surface area contributed by atoms with Gasteiger partial charge in [0.2, 0.25) is 0 Å². The van der Waals surface area contributed by atoms with E-state index in [1.165, 1.54) is 7.11 Å². The average molecular weight is 285 g/mol. The molecule has 3 rings (SSSR count). The molecule has 2 aromatic rings. The summed E-state index contributed by atoms with van der Waals surface area (Å²) in [4.78, 5) is 18.4. The third-order valence-corrected chi connectivity index (χ3v) is 4.02. The number of nitrogens with two attached hydrogens (primary N) is 1. The molecule has 0 aliphatic carbocycles. The van der Waals surface area contributed by atoms with E-state index in [0.29, 0.717) is 6.54 Å². The van der Waals surface area contributed by atoms with Crippen molar-refractivity contribution in [2.24, 2.45) is 5.92 Å². The van der Waals surface area contributed by atoms with Gasteiger partial charge in [0.25, 0.3) is 0 Å². The number of pyridine rings is 1. The Kier molecular flexibility index (Phi) is 3.64. The van der Waals surface area contributed by atoms with Crippen LogP contribution in [0.4, 0.5) is 11.5 Å². The molecule has 1 aromatic heterocycles. The molecule has 1 aromatic carbocycles. The maximum absolute atomic E-state index is 11.8. The Bertz CT molecular complexity index is 672. The van der Waals surface area contributed by atoms with E-state index < -0.39 is 0 Å². The number of piperidine rings is 1. The molecule has 0 radical (unpaired) electrons. The molecule has 0 spiro atoms. The number of carbonyl (C=O) groups is 1. The van der Waals surface area contributed by atoms with Crippen molar-refractivity contribution in [1.29, 1.82) is 0 Å². The second-order valence-corrected chi connectivity index (χ2v) is 5.42. The highest BCUT2D eigenvalue weighted by Crippen LogP contribution is 2.29. The fourth-order valence-electron chi connectivity index (χ4n) is 2.95. The van der Waals surface area contributed by atoms with Gasteiger partial charge >= 0.3 is 5.97 Å². The number of nitrogens with zero attached hydrogens (tertiary/aromatic N) is 2. The first-order chi connectivity index (χ1) is 10.2. The number of hydrogen-bond acceptors (Lipinski definition) is 5. The lowest BCUT2D eigenvalue weighted by Crippen LogP contribution is -2.39. The van der Waals surface area contributed by atoms with E-state index in [0.717, 1.165) is 41.7 Å². The number of rotatable bonds is 2. The molecule has 1 saturated heterocycles. The van der Waals surface area contributed by atoms with Gasteiger partial charge in [-0.05, 0) is 36.4 Å². The van der Waals surface area contributed by atoms with Crippen LogP contribution in [-0.2, 0) is 9.53 Å². The summed E-state index contributed by atoms with van der Waals surface area (Å²) in [6.07, 6.45) is 3.63. The van der Waals surface area contributed by atoms with Gasteiger partial charge in [0.1, 0.15) is 5.82 Å². The Morgan fingerprint density at radius 3 is 3.10 bits per heavy atom. The Balaban J connectivity index is 1.96. The largest absolute Gasteiger partial charge is 0.469 e. The van der Waals surface area contributed by atoms with Crippen LogP contribution in [0.25, 0.3) is 10.8 Å². The molecule has 1 aliphatic rings. The summed E-state index contributed by atoms with van der Waals surface area (Å²) in [6.45, 7) is 1.54. The van der Waals surface area contributed by atoms with Crippen molar-refractivity contribution in [2.45, 2.75) is 12.8 Å². The lowest BCUT2D eigenvalue weighted by molar-refractivity contribution is -0.145. The van der Waals surface area contributed by atoms with E-state index in [9.17, 15) is 4.79 Å². The number of anilines is 2. The van der Waals surface area contributed by atoms with Crippen LogP contribution in [0, 0.1) is 5.92 Å². The highest BCUT2D eigenvalue weighted by atomic mass is 16.5. The first-order valence-corrected chi connectivity index (χ1v) is 7.16. The van der Waals surface area contributed by atoms with Gasteiger partial charge in [0.05, 0.1) is 13.0 Å². The van der Waals surface area contributed by atoms with Gasteiger partial charge in [-0.2, -0.15) is 0 Å². The summed E-state index contributed by atoms with van der Waals surface area (Å²) in [5, 5.41) is 2.14. The van der Waals surface area contributed by atoms with Gasteiger partial charge < -0.3 is 15.4 Å². The smallest absolute Gasteiger partial charge is 0.310 e. The zero-order chi connectivity index (χ0) is 14.8. The standard InChI is InChI=1S/C16H19N3O2/c1-21-16(20)12-3-2-8-19(10-12)15-14-9-13(17)5-4-11(14)6-7-18-15/h4-7,9,12H,2-3,8,10,17H2,1H3. The normalized spacial score (nSPS) is 18.7. The Hall–Kier alpha value is -2.30. The van der Waals surface area contributed by atoms with Gasteiger partial charge in [0.15, 0.2) is 0 Å². The van der Waals surface area contributed by atoms with E-state index >= 15 is 0 Å². The van der Waals surface area contributed by atoms with Gasteiger partial charge in [0, 0.05) is 30.4 Å². The summed E-state index contributed by atoms with van der Waals surface area (Å²) in [6, 6.07) is 7.80. The zero-order valence-corrected chi connectivity index (χ0v) is 12.1. The third kappa shape index (κ3) is 2.63. The summed E-state index contributed by atoms with van der Waals surface area (Å²) in [7, 11) is 1.44. The SMILES string of the molecule is COC(=O)C1CCCN(c2nccc3ccc(N)cc23)C1. The van der Waals surface area contributed by atoms with Crippen LogP contribution in [0.5, 0.6) is 0 Å². The molecular formula is C16H19N3O2. The van der Waals surface area contributed by atoms with Crippen LogP contribution >= 0.6 is 0 Å². The number of carbonyl (C=O) groups excluding carboxylic acids is 1. The number of esters is 1. The number of benzene rings is 1. The van der Waals surface area contributed by atoms with Crippen LogP contribution in [0.15, 0.2) is 30.5 Å². The molecule has 1 atom stereocenters. The molecule has 5 nitrogen and oxygen atoms in total. The summed E-state index contributed by atoms with van der Waals surface area (Å²) in [5.74, 6) is 0.676. The highest BCUT2D eigenvalue weighted by molar-refractivity contribution is 5.94. The van der Waals surface area contributed by atoms with Crippen molar-refractivity contribution < 1.29 is 9.53 Å². The topological polar surface area (TPSA) is 68.5 Å². The minimum Gasteiger partial charge on any atom is -0.469 e. The number of aromatic nitrogens is 1. The van der Waals surface area contributed by atoms with E-state index in [1.54, 1.807) is 6.20 Å². The maximum atomic E-state index is 11.8. The number of fused-ring (bicyclic) bond motifs is 1. The Morgan fingerprint density at radius 2 is 2.29 bits per heavy atom. The molecule has 1 aliphatic heterocycles. The molecule has 21 heavy (non-hydrogen) atoms. The van der Waals surface area contributed by atoms with Crippen molar-refractivity contribution in [3.05, 3.63) is 30.5 Å². The highest BCUT2D eigenvalue weighted by Gasteiger charge is 2.27. The van der Waals surface area contributed by atoms with Gasteiger partial charge in [-0.1, -0.05) is 6.07 Å². The zero-order valence-electron chi connectivity index (χ0n) is 12.1. The first kappa shape index (κ1) is 13.7. The minimum atomic E-state index is -0.139. The van der Waals surface area contributed by atoms with Crippen LogP contribution < -0.4 is 10.6 Å². The van der Waals surface area contributed by atoms with Crippen LogP contribution in [0.3, 0.4) is 0 Å². The minimum absolute atomic E-state index is 0.0816. The van der Waals surface area contributed by atoms with E-state index in [2.05, 4.69) is 9.88 Å². The quantitative estimate of drug-likeness (QED) is 0.677. The molecule has 1 unspecified atom stereocenters. The molecule has 0 amide bonds. The van der Waals surface area contributed by atoms with Crippen molar-refractivity contribution >= 4 is 28.2 Å². The summed E-state index contributed by atoms with van der Waals surface area (Å²) < 4.78 is 4.87. The maximum Gasteiger partial charge on any atom is 0.310 e. The number of methoxy groups -OCH3 is 1. The molecule has 2 N–H and O–H groups in total.